The van der Waals surface area contributed by atoms with Gasteiger partial charge in [-0.3, -0.25) is 4.79 Å². The summed E-state index contributed by atoms with van der Waals surface area (Å²) in [6.07, 6.45) is 5.44. The molecule has 1 aromatic carbocycles. The topological polar surface area (TPSA) is 55.0 Å². The number of thioether (sulfide) groups is 1. The molecule has 0 saturated heterocycles. The number of aryl methyl sites for hydroxylation is 1. The number of hydrogen-bond donors (Lipinski definition) is 1. The molecular weight excluding hydrogens is 308 g/mol. The van der Waals surface area contributed by atoms with Crippen molar-refractivity contribution in [3.8, 4) is 5.75 Å². The highest BCUT2D eigenvalue weighted by molar-refractivity contribution is 7.98. The van der Waals surface area contributed by atoms with E-state index in [1.807, 2.05) is 37.4 Å². The highest BCUT2D eigenvalue weighted by Gasteiger charge is 2.11. The second-order valence-electron chi connectivity index (χ2n) is 5.38. The third-order valence-corrected chi connectivity index (χ3v) is 4.26. The number of nitrogens with one attached hydrogen (secondary N) is 1. The summed E-state index contributed by atoms with van der Waals surface area (Å²) >= 11 is 1.46. The van der Waals surface area contributed by atoms with Crippen molar-refractivity contribution in [2.45, 2.75) is 44.7 Å². The van der Waals surface area contributed by atoms with Crippen molar-refractivity contribution in [2.75, 3.05) is 12.9 Å². The maximum Gasteiger partial charge on any atom is 0.255 e. The van der Waals surface area contributed by atoms with E-state index in [0.717, 1.165) is 48.4 Å². The largest absolute Gasteiger partial charge is 0.494 e. The Morgan fingerprint density at radius 3 is 2.57 bits per heavy atom. The maximum absolute atomic E-state index is 12.3. The molecule has 1 N–H and O–H groups in total. The molecule has 0 amide bonds. The number of unbranched alkanes of at least 4 members (excludes halogenated alkanes) is 1. The molecule has 0 atom stereocenters. The van der Waals surface area contributed by atoms with Crippen LogP contribution >= 0.6 is 11.8 Å². The summed E-state index contributed by atoms with van der Waals surface area (Å²) in [4.78, 5) is 19.6. The molecule has 0 aliphatic heterocycles. The SMILES string of the molecule is CCCCOc1ccc(Cc2c(CC)nc(SC)[nH]c2=O)cc1. The molecule has 0 bridgehead atoms. The summed E-state index contributed by atoms with van der Waals surface area (Å²) in [5.41, 5.74) is 2.68. The Kier molecular flexibility index (Phi) is 6.71. The van der Waals surface area contributed by atoms with Gasteiger partial charge in [-0.2, -0.15) is 0 Å². The van der Waals surface area contributed by atoms with Gasteiger partial charge in [0, 0.05) is 12.0 Å². The monoisotopic (exact) mass is 332 g/mol. The van der Waals surface area contributed by atoms with Gasteiger partial charge in [-0.05, 0) is 36.8 Å². The Labute approximate surface area is 141 Å². The zero-order valence-electron chi connectivity index (χ0n) is 14.0. The Balaban J connectivity index is 2.14. The first kappa shape index (κ1) is 17.6. The van der Waals surface area contributed by atoms with Crippen molar-refractivity contribution < 1.29 is 4.74 Å². The number of aromatic amines is 1. The van der Waals surface area contributed by atoms with Crippen LogP contribution in [-0.4, -0.2) is 22.8 Å². The summed E-state index contributed by atoms with van der Waals surface area (Å²) in [5.74, 6) is 0.877. The lowest BCUT2D eigenvalue weighted by atomic mass is 10.0. The molecule has 0 spiro atoms. The minimum atomic E-state index is -0.0375. The van der Waals surface area contributed by atoms with Gasteiger partial charge in [0.2, 0.25) is 0 Å². The first-order chi connectivity index (χ1) is 11.2. The molecule has 1 aromatic heterocycles. The standard InChI is InChI=1S/C18H24N2O2S/c1-4-6-11-22-14-9-7-13(8-10-14)12-15-16(5-2)19-18(23-3)20-17(15)21/h7-10H,4-6,11-12H2,1-3H3,(H,19,20,21). The van der Waals surface area contributed by atoms with Gasteiger partial charge in [-0.25, -0.2) is 4.98 Å². The highest BCUT2D eigenvalue weighted by atomic mass is 32.2. The summed E-state index contributed by atoms with van der Waals surface area (Å²) in [6, 6.07) is 7.97. The molecule has 0 radical (unpaired) electrons. The molecule has 2 aromatic rings. The van der Waals surface area contributed by atoms with Gasteiger partial charge in [0.05, 0.1) is 12.3 Å². The fraction of sp³-hybridized carbons (Fsp3) is 0.444. The summed E-state index contributed by atoms with van der Waals surface area (Å²) in [5, 5.41) is 0.676. The quantitative estimate of drug-likeness (QED) is 0.453. The van der Waals surface area contributed by atoms with Crippen LogP contribution in [0.2, 0.25) is 0 Å². The number of hydrogen-bond acceptors (Lipinski definition) is 4. The molecule has 124 valence electrons. The molecular formula is C18H24N2O2S. The average molecular weight is 332 g/mol. The van der Waals surface area contributed by atoms with Crippen molar-refractivity contribution in [1.82, 2.24) is 9.97 Å². The Bertz CT molecular complexity index is 680. The minimum absolute atomic E-state index is 0.0375. The number of aromatic nitrogens is 2. The Hall–Kier alpha value is -1.75. The van der Waals surface area contributed by atoms with Crippen LogP contribution in [0.4, 0.5) is 0 Å². The zero-order chi connectivity index (χ0) is 16.7. The van der Waals surface area contributed by atoms with Crippen molar-refractivity contribution in [1.29, 1.82) is 0 Å². The van der Waals surface area contributed by atoms with Crippen LogP contribution in [-0.2, 0) is 12.8 Å². The van der Waals surface area contributed by atoms with E-state index in [2.05, 4.69) is 16.9 Å². The average Bonchev–Trinajstić information content (AvgIpc) is 2.58. The van der Waals surface area contributed by atoms with E-state index in [0.29, 0.717) is 11.6 Å². The fourth-order valence-corrected chi connectivity index (χ4v) is 2.73. The molecule has 0 aliphatic rings. The maximum atomic E-state index is 12.3. The second kappa shape index (κ2) is 8.77. The van der Waals surface area contributed by atoms with Gasteiger partial charge in [0.25, 0.3) is 5.56 Å². The van der Waals surface area contributed by atoms with Crippen molar-refractivity contribution in [2.24, 2.45) is 0 Å². The fourth-order valence-electron chi connectivity index (χ4n) is 2.34. The Morgan fingerprint density at radius 2 is 1.96 bits per heavy atom. The first-order valence-corrected chi connectivity index (χ1v) is 9.28. The van der Waals surface area contributed by atoms with Crippen molar-refractivity contribution in [3.05, 3.63) is 51.4 Å². The smallest absolute Gasteiger partial charge is 0.255 e. The number of H-pyrrole nitrogens is 1. The lowest BCUT2D eigenvalue weighted by molar-refractivity contribution is 0.309. The van der Waals surface area contributed by atoms with E-state index in [4.69, 9.17) is 4.74 Å². The molecule has 2 rings (SSSR count). The molecule has 0 saturated carbocycles. The van der Waals surface area contributed by atoms with Crippen molar-refractivity contribution >= 4 is 11.8 Å². The van der Waals surface area contributed by atoms with Crippen LogP contribution < -0.4 is 10.3 Å². The van der Waals surface area contributed by atoms with Crippen LogP contribution in [0.15, 0.2) is 34.2 Å². The highest BCUT2D eigenvalue weighted by Crippen LogP contribution is 2.17. The van der Waals surface area contributed by atoms with Crippen LogP contribution in [0, 0.1) is 0 Å². The molecule has 4 nitrogen and oxygen atoms in total. The van der Waals surface area contributed by atoms with Gasteiger partial charge in [0.15, 0.2) is 5.16 Å². The predicted molar refractivity (Wildman–Crippen MR) is 95.7 cm³/mol. The van der Waals surface area contributed by atoms with E-state index in [9.17, 15) is 4.79 Å². The molecule has 0 unspecified atom stereocenters. The van der Waals surface area contributed by atoms with E-state index in [-0.39, 0.29) is 5.56 Å². The van der Waals surface area contributed by atoms with E-state index < -0.39 is 0 Å². The van der Waals surface area contributed by atoms with Gasteiger partial charge >= 0.3 is 0 Å². The minimum Gasteiger partial charge on any atom is -0.494 e. The van der Waals surface area contributed by atoms with Gasteiger partial charge < -0.3 is 9.72 Å². The zero-order valence-corrected chi connectivity index (χ0v) is 14.8. The molecule has 23 heavy (non-hydrogen) atoms. The van der Waals surface area contributed by atoms with E-state index in [1.54, 1.807) is 0 Å². The third-order valence-electron chi connectivity index (χ3n) is 3.68. The number of ether oxygens (including phenoxy) is 1. The first-order valence-electron chi connectivity index (χ1n) is 8.05. The molecule has 0 fully saturated rings. The van der Waals surface area contributed by atoms with Crippen LogP contribution in [0.3, 0.4) is 0 Å². The van der Waals surface area contributed by atoms with E-state index >= 15 is 0 Å². The van der Waals surface area contributed by atoms with Gasteiger partial charge in [-0.15, -0.1) is 0 Å². The third kappa shape index (κ3) is 4.86. The van der Waals surface area contributed by atoms with Gasteiger partial charge in [0.1, 0.15) is 5.75 Å². The van der Waals surface area contributed by atoms with Crippen LogP contribution in [0.25, 0.3) is 0 Å². The summed E-state index contributed by atoms with van der Waals surface area (Å²) in [6.45, 7) is 4.92. The number of benzene rings is 1. The summed E-state index contributed by atoms with van der Waals surface area (Å²) in [7, 11) is 0. The molecule has 5 heteroatoms. The normalized spacial score (nSPS) is 10.7. The second-order valence-corrected chi connectivity index (χ2v) is 6.17. The van der Waals surface area contributed by atoms with Crippen LogP contribution in [0.1, 0.15) is 43.5 Å². The van der Waals surface area contributed by atoms with Gasteiger partial charge in [-0.1, -0.05) is 44.2 Å². The van der Waals surface area contributed by atoms with Crippen LogP contribution in [0.5, 0.6) is 5.75 Å². The molecule has 1 heterocycles. The summed E-state index contributed by atoms with van der Waals surface area (Å²) < 4.78 is 5.67. The van der Waals surface area contributed by atoms with E-state index in [1.165, 1.54) is 11.8 Å². The number of rotatable bonds is 8. The Morgan fingerprint density at radius 1 is 1.22 bits per heavy atom. The lowest BCUT2D eigenvalue weighted by Crippen LogP contribution is -2.18. The lowest BCUT2D eigenvalue weighted by Gasteiger charge is -2.09. The molecule has 0 aliphatic carbocycles. The van der Waals surface area contributed by atoms with Crippen molar-refractivity contribution in [3.63, 3.8) is 0 Å². The predicted octanol–water partition coefficient (Wildman–Crippen LogP) is 3.82. The number of nitrogens with zero attached hydrogens (tertiary/aromatic N) is 1.